The molecule has 1 amide bonds. The van der Waals surface area contributed by atoms with Crippen LogP contribution in [-0.4, -0.2) is 29.9 Å². The molecule has 0 atom stereocenters. The molecule has 112 valence electrons. The van der Waals surface area contributed by atoms with E-state index in [0.29, 0.717) is 11.8 Å². The van der Waals surface area contributed by atoms with Crippen LogP contribution in [0.5, 0.6) is 0 Å². The van der Waals surface area contributed by atoms with Gasteiger partial charge in [0.2, 0.25) is 0 Å². The zero-order chi connectivity index (χ0) is 14.4. The van der Waals surface area contributed by atoms with Crippen LogP contribution < -0.4 is 5.32 Å². The zero-order valence-corrected chi connectivity index (χ0v) is 12.7. The van der Waals surface area contributed by atoms with Gasteiger partial charge in [0.1, 0.15) is 5.76 Å². The molecule has 1 aromatic rings. The third kappa shape index (κ3) is 4.10. The highest BCUT2D eigenvalue weighted by molar-refractivity contribution is 5.91. The van der Waals surface area contributed by atoms with Crippen LogP contribution in [0.15, 0.2) is 16.5 Å². The Morgan fingerprint density at radius 1 is 1.25 bits per heavy atom. The topological polar surface area (TPSA) is 45.5 Å². The fourth-order valence-corrected chi connectivity index (χ4v) is 2.76. The number of furan rings is 1. The van der Waals surface area contributed by atoms with Gasteiger partial charge in [0, 0.05) is 6.04 Å². The molecule has 1 fully saturated rings. The molecule has 1 aliphatic rings. The van der Waals surface area contributed by atoms with Crippen molar-refractivity contribution in [3.05, 3.63) is 23.7 Å². The highest BCUT2D eigenvalue weighted by atomic mass is 16.4. The summed E-state index contributed by atoms with van der Waals surface area (Å²) in [6.45, 7) is 7.00. The summed E-state index contributed by atoms with van der Waals surface area (Å²) in [5.74, 6) is 1.24. The average Bonchev–Trinajstić information content (AvgIpc) is 2.94. The number of hydrogen-bond donors (Lipinski definition) is 1. The maximum absolute atomic E-state index is 12.1. The highest BCUT2D eigenvalue weighted by Crippen LogP contribution is 2.18. The molecule has 0 radical (unpaired) electrons. The van der Waals surface area contributed by atoms with Crippen LogP contribution in [0, 0.1) is 0 Å². The monoisotopic (exact) mass is 278 g/mol. The van der Waals surface area contributed by atoms with Gasteiger partial charge in [0.15, 0.2) is 5.76 Å². The number of nitrogens with zero attached hydrogens (tertiary/aromatic N) is 1. The molecule has 1 N–H and O–H groups in total. The van der Waals surface area contributed by atoms with Crippen LogP contribution in [-0.2, 0) is 6.54 Å². The van der Waals surface area contributed by atoms with Crippen molar-refractivity contribution in [2.45, 2.75) is 58.5 Å². The molecule has 2 rings (SSSR count). The molecule has 0 spiro atoms. The minimum Gasteiger partial charge on any atom is -0.455 e. The van der Waals surface area contributed by atoms with Gasteiger partial charge >= 0.3 is 0 Å². The van der Waals surface area contributed by atoms with Crippen LogP contribution in [0.25, 0.3) is 0 Å². The van der Waals surface area contributed by atoms with E-state index in [9.17, 15) is 4.79 Å². The molecule has 0 aromatic carbocycles. The standard InChI is InChI=1S/C16H26N2O2/c1-3-18(4-2)12-14-10-11-15(20-14)16(19)17-13-8-6-5-7-9-13/h10-11,13H,3-9,12H2,1-2H3,(H,17,19). The molecule has 1 heterocycles. The Balaban J connectivity index is 1.88. The smallest absolute Gasteiger partial charge is 0.287 e. The van der Waals surface area contributed by atoms with Crippen molar-refractivity contribution in [1.82, 2.24) is 10.2 Å². The summed E-state index contributed by atoms with van der Waals surface area (Å²) >= 11 is 0. The minimum atomic E-state index is -0.0669. The van der Waals surface area contributed by atoms with Crippen LogP contribution in [0.3, 0.4) is 0 Å². The van der Waals surface area contributed by atoms with Crippen molar-refractivity contribution in [3.8, 4) is 0 Å². The summed E-state index contributed by atoms with van der Waals surface area (Å²) < 4.78 is 5.67. The normalized spacial score (nSPS) is 16.6. The van der Waals surface area contributed by atoms with E-state index in [4.69, 9.17) is 4.42 Å². The Labute approximate surface area is 121 Å². The lowest BCUT2D eigenvalue weighted by Crippen LogP contribution is -2.35. The van der Waals surface area contributed by atoms with E-state index >= 15 is 0 Å². The molecular weight excluding hydrogens is 252 g/mol. The van der Waals surface area contributed by atoms with Crippen molar-refractivity contribution in [2.75, 3.05) is 13.1 Å². The van der Waals surface area contributed by atoms with Gasteiger partial charge in [-0.3, -0.25) is 9.69 Å². The molecule has 4 nitrogen and oxygen atoms in total. The third-order valence-corrected chi connectivity index (χ3v) is 4.10. The minimum absolute atomic E-state index is 0.0669. The molecule has 4 heteroatoms. The lowest BCUT2D eigenvalue weighted by molar-refractivity contribution is 0.0896. The van der Waals surface area contributed by atoms with Gasteiger partial charge in [-0.2, -0.15) is 0 Å². The Hall–Kier alpha value is -1.29. The summed E-state index contributed by atoms with van der Waals surface area (Å²) in [7, 11) is 0. The van der Waals surface area contributed by atoms with E-state index in [1.165, 1.54) is 19.3 Å². The van der Waals surface area contributed by atoms with E-state index in [0.717, 1.165) is 38.2 Å². The summed E-state index contributed by atoms with van der Waals surface area (Å²) in [5.41, 5.74) is 0. The van der Waals surface area contributed by atoms with Gasteiger partial charge in [-0.25, -0.2) is 0 Å². The molecule has 1 aliphatic carbocycles. The van der Waals surface area contributed by atoms with E-state index in [1.54, 1.807) is 6.07 Å². The Morgan fingerprint density at radius 2 is 1.95 bits per heavy atom. The molecule has 0 unspecified atom stereocenters. The van der Waals surface area contributed by atoms with Gasteiger partial charge in [0.05, 0.1) is 6.54 Å². The molecule has 1 aromatic heterocycles. The number of carbonyl (C=O) groups is 1. The van der Waals surface area contributed by atoms with Crippen LogP contribution in [0.2, 0.25) is 0 Å². The molecular formula is C16H26N2O2. The van der Waals surface area contributed by atoms with Crippen LogP contribution in [0.1, 0.15) is 62.3 Å². The quantitative estimate of drug-likeness (QED) is 0.869. The largest absolute Gasteiger partial charge is 0.455 e. The summed E-state index contributed by atoms with van der Waals surface area (Å²) in [5, 5.41) is 3.08. The van der Waals surface area contributed by atoms with E-state index < -0.39 is 0 Å². The second-order valence-electron chi connectivity index (χ2n) is 5.54. The highest BCUT2D eigenvalue weighted by Gasteiger charge is 2.19. The maximum atomic E-state index is 12.1. The van der Waals surface area contributed by atoms with Crippen molar-refractivity contribution < 1.29 is 9.21 Å². The molecule has 1 saturated carbocycles. The van der Waals surface area contributed by atoms with Crippen molar-refractivity contribution in [1.29, 1.82) is 0 Å². The molecule has 20 heavy (non-hydrogen) atoms. The number of amides is 1. The number of hydrogen-bond acceptors (Lipinski definition) is 3. The lowest BCUT2D eigenvalue weighted by Gasteiger charge is -2.22. The average molecular weight is 278 g/mol. The fourth-order valence-electron chi connectivity index (χ4n) is 2.76. The Morgan fingerprint density at radius 3 is 2.60 bits per heavy atom. The summed E-state index contributed by atoms with van der Waals surface area (Å²) in [6, 6.07) is 4.03. The predicted octanol–water partition coefficient (Wildman–Crippen LogP) is 3.18. The number of rotatable bonds is 6. The van der Waals surface area contributed by atoms with E-state index in [1.807, 2.05) is 6.07 Å². The van der Waals surface area contributed by atoms with E-state index in [-0.39, 0.29) is 5.91 Å². The third-order valence-electron chi connectivity index (χ3n) is 4.10. The van der Waals surface area contributed by atoms with Crippen molar-refractivity contribution in [2.24, 2.45) is 0 Å². The van der Waals surface area contributed by atoms with Crippen LogP contribution >= 0.6 is 0 Å². The predicted molar refractivity (Wildman–Crippen MR) is 79.7 cm³/mol. The summed E-state index contributed by atoms with van der Waals surface area (Å²) in [4.78, 5) is 14.4. The first-order valence-corrected chi connectivity index (χ1v) is 7.84. The van der Waals surface area contributed by atoms with Gasteiger partial charge in [0.25, 0.3) is 5.91 Å². The van der Waals surface area contributed by atoms with Gasteiger partial charge in [-0.1, -0.05) is 33.1 Å². The van der Waals surface area contributed by atoms with Gasteiger partial charge in [-0.05, 0) is 38.1 Å². The maximum Gasteiger partial charge on any atom is 0.287 e. The van der Waals surface area contributed by atoms with Gasteiger partial charge < -0.3 is 9.73 Å². The zero-order valence-electron chi connectivity index (χ0n) is 12.7. The fraction of sp³-hybridized carbons (Fsp3) is 0.688. The van der Waals surface area contributed by atoms with Crippen molar-refractivity contribution in [3.63, 3.8) is 0 Å². The number of nitrogens with one attached hydrogen (secondary N) is 1. The summed E-state index contributed by atoms with van der Waals surface area (Å²) in [6.07, 6.45) is 5.92. The van der Waals surface area contributed by atoms with Crippen LogP contribution in [0.4, 0.5) is 0 Å². The molecule has 0 saturated heterocycles. The van der Waals surface area contributed by atoms with Gasteiger partial charge in [-0.15, -0.1) is 0 Å². The number of carbonyl (C=O) groups excluding carboxylic acids is 1. The van der Waals surface area contributed by atoms with Crippen molar-refractivity contribution >= 4 is 5.91 Å². The Bertz CT molecular complexity index is 418. The first kappa shape index (κ1) is 15.1. The SMILES string of the molecule is CCN(CC)Cc1ccc(C(=O)NC2CCCCC2)o1. The second-order valence-corrected chi connectivity index (χ2v) is 5.54. The van der Waals surface area contributed by atoms with E-state index in [2.05, 4.69) is 24.1 Å². The first-order chi connectivity index (χ1) is 9.72. The Kier molecular flexibility index (Phi) is 5.65. The molecule has 0 bridgehead atoms. The lowest BCUT2D eigenvalue weighted by atomic mass is 9.95. The second kappa shape index (κ2) is 7.48. The molecule has 0 aliphatic heterocycles. The first-order valence-electron chi connectivity index (χ1n) is 7.84.